The standard InChI is InChI=1S/C12H10ClN/c1-8-5-11-9(6-10(8)7-14)3-2-4-12(11)13/h2-6,9,11H,1H3. The van der Waals surface area contributed by atoms with E-state index in [0.717, 1.165) is 16.2 Å². The molecule has 0 aromatic carbocycles. The third-order valence-electron chi connectivity index (χ3n) is 2.66. The highest BCUT2D eigenvalue weighted by Gasteiger charge is 2.25. The predicted octanol–water partition coefficient (Wildman–Crippen LogP) is 3.32. The van der Waals surface area contributed by atoms with Crippen LogP contribution in [-0.2, 0) is 0 Å². The molecule has 0 fully saturated rings. The quantitative estimate of drug-likeness (QED) is 0.593. The van der Waals surface area contributed by atoms with Crippen LogP contribution in [0, 0.1) is 23.2 Å². The summed E-state index contributed by atoms with van der Waals surface area (Å²) in [6, 6.07) is 2.20. The van der Waals surface area contributed by atoms with Gasteiger partial charge in [-0.2, -0.15) is 5.26 Å². The molecule has 2 aliphatic rings. The number of hydrogen-bond donors (Lipinski definition) is 0. The van der Waals surface area contributed by atoms with Crippen LogP contribution in [0.2, 0.25) is 0 Å². The Bertz CT molecular complexity index is 418. The average molecular weight is 204 g/mol. The highest BCUT2D eigenvalue weighted by Crippen LogP contribution is 2.36. The zero-order valence-electron chi connectivity index (χ0n) is 7.87. The molecule has 2 rings (SSSR count). The van der Waals surface area contributed by atoms with Gasteiger partial charge in [0.1, 0.15) is 0 Å². The average Bonchev–Trinajstić information content (AvgIpc) is 2.19. The Hall–Kier alpha value is -1.26. The Morgan fingerprint density at radius 2 is 2.21 bits per heavy atom. The van der Waals surface area contributed by atoms with Crippen molar-refractivity contribution in [3.05, 3.63) is 46.6 Å². The van der Waals surface area contributed by atoms with Gasteiger partial charge in [-0.15, -0.1) is 0 Å². The van der Waals surface area contributed by atoms with Gasteiger partial charge in [0.15, 0.2) is 0 Å². The van der Waals surface area contributed by atoms with E-state index >= 15 is 0 Å². The Balaban J connectivity index is 2.40. The fourth-order valence-corrected chi connectivity index (χ4v) is 2.13. The molecule has 0 aromatic heterocycles. The molecule has 14 heavy (non-hydrogen) atoms. The molecule has 0 saturated heterocycles. The summed E-state index contributed by atoms with van der Waals surface area (Å²) >= 11 is 6.10. The molecule has 0 N–H and O–H groups in total. The highest BCUT2D eigenvalue weighted by molar-refractivity contribution is 6.30. The molecule has 2 atom stereocenters. The SMILES string of the molecule is CC1=CC2C(Cl)=CC=CC2C=C1C#N. The lowest BCUT2D eigenvalue weighted by atomic mass is 9.80. The van der Waals surface area contributed by atoms with Crippen molar-refractivity contribution in [3.63, 3.8) is 0 Å². The number of allylic oxidation sites excluding steroid dienone is 8. The molecule has 0 saturated carbocycles. The maximum absolute atomic E-state index is 8.89. The second-order valence-corrected chi connectivity index (χ2v) is 4.02. The van der Waals surface area contributed by atoms with E-state index in [-0.39, 0.29) is 11.8 Å². The van der Waals surface area contributed by atoms with Crippen LogP contribution in [0.15, 0.2) is 46.6 Å². The van der Waals surface area contributed by atoms with Crippen LogP contribution >= 0.6 is 11.6 Å². The van der Waals surface area contributed by atoms with E-state index in [9.17, 15) is 0 Å². The third-order valence-corrected chi connectivity index (χ3v) is 3.03. The summed E-state index contributed by atoms with van der Waals surface area (Å²) < 4.78 is 0. The summed E-state index contributed by atoms with van der Waals surface area (Å²) in [6.45, 7) is 1.95. The van der Waals surface area contributed by atoms with Crippen LogP contribution in [0.3, 0.4) is 0 Å². The van der Waals surface area contributed by atoms with Crippen LogP contribution in [0.4, 0.5) is 0 Å². The third kappa shape index (κ3) is 1.42. The summed E-state index contributed by atoms with van der Waals surface area (Å²) in [4.78, 5) is 0. The molecule has 0 heterocycles. The summed E-state index contributed by atoms with van der Waals surface area (Å²) in [5, 5.41) is 9.74. The van der Waals surface area contributed by atoms with Gasteiger partial charge in [-0.1, -0.05) is 35.9 Å². The lowest BCUT2D eigenvalue weighted by Gasteiger charge is -2.26. The van der Waals surface area contributed by atoms with Gasteiger partial charge in [-0.3, -0.25) is 0 Å². The number of nitrogens with zero attached hydrogens (tertiary/aromatic N) is 1. The van der Waals surface area contributed by atoms with Crippen LogP contribution in [0.25, 0.3) is 0 Å². The molecule has 0 radical (unpaired) electrons. The van der Waals surface area contributed by atoms with Crippen molar-refractivity contribution in [2.24, 2.45) is 11.8 Å². The fourth-order valence-electron chi connectivity index (χ4n) is 1.85. The predicted molar refractivity (Wildman–Crippen MR) is 57.5 cm³/mol. The molecule has 1 nitrogen and oxygen atoms in total. The molecule has 0 aromatic rings. The minimum atomic E-state index is 0.235. The number of hydrogen-bond acceptors (Lipinski definition) is 1. The van der Waals surface area contributed by atoms with Gasteiger partial charge in [-0.05, 0) is 18.6 Å². The molecule has 2 aliphatic carbocycles. The van der Waals surface area contributed by atoms with Gasteiger partial charge >= 0.3 is 0 Å². The summed E-state index contributed by atoms with van der Waals surface area (Å²) in [5.74, 6) is 0.490. The molecular weight excluding hydrogens is 194 g/mol. The molecule has 0 aliphatic heterocycles. The molecular formula is C12H10ClN. The van der Waals surface area contributed by atoms with E-state index in [4.69, 9.17) is 16.9 Å². The summed E-state index contributed by atoms with van der Waals surface area (Å²) in [5.41, 5.74) is 1.79. The van der Waals surface area contributed by atoms with Crippen molar-refractivity contribution in [3.8, 4) is 6.07 Å². The normalized spacial score (nSPS) is 29.6. The maximum Gasteiger partial charge on any atom is 0.0991 e. The lowest BCUT2D eigenvalue weighted by Crippen LogP contribution is -2.16. The highest BCUT2D eigenvalue weighted by atomic mass is 35.5. The zero-order chi connectivity index (χ0) is 10.1. The Kier molecular flexibility index (Phi) is 2.31. The Morgan fingerprint density at radius 3 is 2.93 bits per heavy atom. The Labute approximate surface area is 88.7 Å². The van der Waals surface area contributed by atoms with E-state index in [1.54, 1.807) is 0 Å². The first kappa shape index (κ1) is 9.30. The second kappa shape index (κ2) is 3.48. The first-order valence-electron chi connectivity index (χ1n) is 4.57. The van der Waals surface area contributed by atoms with Gasteiger partial charge < -0.3 is 0 Å². The van der Waals surface area contributed by atoms with Crippen molar-refractivity contribution in [1.29, 1.82) is 5.26 Å². The monoisotopic (exact) mass is 203 g/mol. The summed E-state index contributed by atoms with van der Waals surface area (Å²) in [7, 11) is 0. The van der Waals surface area contributed by atoms with Crippen LogP contribution in [0.5, 0.6) is 0 Å². The van der Waals surface area contributed by atoms with E-state index in [1.807, 2.05) is 25.2 Å². The van der Waals surface area contributed by atoms with Gasteiger partial charge in [0, 0.05) is 16.9 Å². The fraction of sp³-hybridized carbons (Fsp3) is 0.250. The van der Waals surface area contributed by atoms with Gasteiger partial charge in [-0.25, -0.2) is 0 Å². The maximum atomic E-state index is 8.89. The van der Waals surface area contributed by atoms with Crippen LogP contribution < -0.4 is 0 Å². The van der Waals surface area contributed by atoms with E-state index in [0.29, 0.717) is 0 Å². The topological polar surface area (TPSA) is 23.8 Å². The number of rotatable bonds is 0. The lowest BCUT2D eigenvalue weighted by molar-refractivity contribution is 0.640. The van der Waals surface area contributed by atoms with Crippen molar-refractivity contribution in [1.82, 2.24) is 0 Å². The van der Waals surface area contributed by atoms with Crippen molar-refractivity contribution in [2.45, 2.75) is 6.92 Å². The van der Waals surface area contributed by atoms with E-state index in [1.165, 1.54) is 0 Å². The van der Waals surface area contributed by atoms with E-state index < -0.39 is 0 Å². The minimum absolute atomic E-state index is 0.235. The van der Waals surface area contributed by atoms with E-state index in [2.05, 4.69) is 18.2 Å². The minimum Gasteiger partial charge on any atom is -0.192 e. The van der Waals surface area contributed by atoms with Gasteiger partial charge in [0.05, 0.1) is 11.6 Å². The largest absolute Gasteiger partial charge is 0.192 e. The molecule has 0 spiro atoms. The number of nitriles is 1. The first-order chi connectivity index (χ1) is 6.72. The molecule has 0 amide bonds. The van der Waals surface area contributed by atoms with Gasteiger partial charge in [0.2, 0.25) is 0 Å². The molecule has 2 heteroatoms. The van der Waals surface area contributed by atoms with Crippen LogP contribution in [0.1, 0.15) is 6.92 Å². The Morgan fingerprint density at radius 1 is 1.43 bits per heavy atom. The molecule has 2 unspecified atom stereocenters. The smallest absolute Gasteiger partial charge is 0.0991 e. The number of halogens is 1. The second-order valence-electron chi connectivity index (χ2n) is 3.58. The van der Waals surface area contributed by atoms with Crippen molar-refractivity contribution in [2.75, 3.05) is 0 Å². The zero-order valence-corrected chi connectivity index (χ0v) is 8.62. The van der Waals surface area contributed by atoms with Crippen molar-refractivity contribution < 1.29 is 0 Å². The first-order valence-corrected chi connectivity index (χ1v) is 4.95. The van der Waals surface area contributed by atoms with Gasteiger partial charge in [0.25, 0.3) is 0 Å². The molecule has 0 bridgehead atoms. The molecule has 70 valence electrons. The summed E-state index contributed by atoms with van der Waals surface area (Å²) in [6.07, 6.45) is 10.0. The number of fused-ring (bicyclic) bond motifs is 1. The van der Waals surface area contributed by atoms with Crippen LogP contribution in [-0.4, -0.2) is 0 Å². The van der Waals surface area contributed by atoms with Crippen molar-refractivity contribution >= 4 is 11.6 Å².